The molecule has 1 aromatic carbocycles. The van der Waals surface area contributed by atoms with Crippen LogP contribution in [-0.4, -0.2) is 31.6 Å². The topological polar surface area (TPSA) is 29.5 Å². The minimum atomic E-state index is -0.326. The first kappa shape index (κ1) is 13.7. The van der Waals surface area contributed by atoms with Crippen molar-refractivity contribution in [1.82, 2.24) is 4.90 Å². The molecule has 1 rings (SSSR count). The largest absolute Gasteiger partial charge is 0.466 e. The molecule has 17 heavy (non-hydrogen) atoms. The number of hydrogen-bond acceptors (Lipinski definition) is 3. The van der Waals surface area contributed by atoms with E-state index in [0.717, 1.165) is 5.56 Å². The summed E-state index contributed by atoms with van der Waals surface area (Å²) in [6.45, 7) is 4.31. The fourth-order valence-electron chi connectivity index (χ4n) is 1.81. The van der Waals surface area contributed by atoms with E-state index in [1.165, 1.54) is 0 Å². The molecule has 1 atom stereocenters. The minimum Gasteiger partial charge on any atom is -0.466 e. The summed E-state index contributed by atoms with van der Waals surface area (Å²) in [6, 6.07) is 10.0. The fourth-order valence-corrected chi connectivity index (χ4v) is 1.81. The van der Waals surface area contributed by atoms with Gasteiger partial charge in [-0.05, 0) is 33.5 Å². The van der Waals surface area contributed by atoms with Gasteiger partial charge in [0.2, 0.25) is 0 Å². The maximum atomic E-state index is 11.7. The Morgan fingerprint density at radius 1 is 1.29 bits per heavy atom. The number of carbonyl (C=O) groups is 1. The summed E-state index contributed by atoms with van der Waals surface area (Å²) in [7, 11) is 3.96. The lowest BCUT2D eigenvalue weighted by Crippen LogP contribution is -2.40. The molecule has 0 radical (unpaired) electrons. The molecule has 0 aliphatic heterocycles. The molecule has 0 fully saturated rings. The zero-order valence-corrected chi connectivity index (χ0v) is 11.1. The molecule has 1 aromatic rings. The van der Waals surface area contributed by atoms with Crippen molar-refractivity contribution in [1.29, 1.82) is 0 Å². The van der Waals surface area contributed by atoms with Gasteiger partial charge in [-0.25, -0.2) is 0 Å². The molecule has 0 spiro atoms. The second kappa shape index (κ2) is 5.82. The molecular formula is C14H21NO2. The molecule has 3 nitrogen and oxygen atoms in total. The monoisotopic (exact) mass is 235 g/mol. The first-order valence-electron chi connectivity index (χ1n) is 5.89. The van der Waals surface area contributed by atoms with Crippen molar-refractivity contribution < 1.29 is 9.53 Å². The van der Waals surface area contributed by atoms with Gasteiger partial charge in [0.05, 0.1) is 18.6 Å². The Hall–Kier alpha value is -1.35. The van der Waals surface area contributed by atoms with E-state index in [2.05, 4.69) is 11.8 Å². The first-order valence-corrected chi connectivity index (χ1v) is 5.89. The van der Waals surface area contributed by atoms with Gasteiger partial charge in [-0.2, -0.15) is 0 Å². The van der Waals surface area contributed by atoms with Crippen LogP contribution in [0.1, 0.15) is 25.8 Å². The number of benzene rings is 1. The van der Waals surface area contributed by atoms with Crippen molar-refractivity contribution in [3.8, 4) is 0 Å². The SMILES string of the molecule is CCOC(=O)CC(C)(c1ccccc1)N(C)C. The third-order valence-electron chi connectivity index (χ3n) is 3.18. The molecule has 0 aliphatic rings. The summed E-state index contributed by atoms with van der Waals surface area (Å²) in [5, 5.41) is 0. The van der Waals surface area contributed by atoms with Crippen LogP contribution in [0.2, 0.25) is 0 Å². The quantitative estimate of drug-likeness (QED) is 0.734. The molecule has 0 heterocycles. The van der Waals surface area contributed by atoms with Crippen LogP contribution in [0, 0.1) is 0 Å². The number of carbonyl (C=O) groups excluding carboxylic acids is 1. The van der Waals surface area contributed by atoms with Gasteiger partial charge in [0.1, 0.15) is 0 Å². The van der Waals surface area contributed by atoms with E-state index in [-0.39, 0.29) is 11.5 Å². The van der Waals surface area contributed by atoms with Crippen LogP contribution in [0.4, 0.5) is 0 Å². The van der Waals surface area contributed by atoms with Crippen LogP contribution in [0.15, 0.2) is 30.3 Å². The molecule has 0 saturated carbocycles. The average molecular weight is 235 g/mol. The Balaban J connectivity index is 2.94. The molecule has 3 heteroatoms. The highest BCUT2D eigenvalue weighted by molar-refractivity contribution is 5.71. The molecule has 0 aromatic heterocycles. The maximum absolute atomic E-state index is 11.7. The van der Waals surface area contributed by atoms with Gasteiger partial charge < -0.3 is 4.74 Å². The van der Waals surface area contributed by atoms with Crippen molar-refractivity contribution >= 4 is 5.97 Å². The highest BCUT2D eigenvalue weighted by atomic mass is 16.5. The fraction of sp³-hybridized carbons (Fsp3) is 0.500. The Kier molecular flexibility index (Phi) is 4.70. The molecular weight excluding hydrogens is 214 g/mol. The van der Waals surface area contributed by atoms with Crippen molar-refractivity contribution in [2.75, 3.05) is 20.7 Å². The van der Waals surface area contributed by atoms with E-state index < -0.39 is 0 Å². The highest BCUT2D eigenvalue weighted by Gasteiger charge is 2.32. The Morgan fingerprint density at radius 2 is 1.88 bits per heavy atom. The average Bonchev–Trinajstić information content (AvgIpc) is 2.30. The van der Waals surface area contributed by atoms with Crippen molar-refractivity contribution in [2.45, 2.75) is 25.8 Å². The van der Waals surface area contributed by atoms with Gasteiger partial charge in [0, 0.05) is 0 Å². The van der Waals surface area contributed by atoms with Crippen LogP contribution in [0.3, 0.4) is 0 Å². The number of nitrogens with zero attached hydrogens (tertiary/aromatic N) is 1. The Morgan fingerprint density at radius 3 is 2.35 bits per heavy atom. The third-order valence-corrected chi connectivity index (χ3v) is 3.18. The first-order chi connectivity index (χ1) is 8.00. The summed E-state index contributed by atoms with van der Waals surface area (Å²) in [6.07, 6.45) is 0.359. The zero-order chi connectivity index (χ0) is 12.9. The van der Waals surface area contributed by atoms with Gasteiger partial charge in [0.25, 0.3) is 0 Å². The lowest BCUT2D eigenvalue weighted by Gasteiger charge is -2.36. The third kappa shape index (κ3) is 3.30. The van der Waals surface area contributed by atoms with E-state index in [1.54, 1.807) is 0 Å². The minimum absolute atomic E-state index is 0.160. The summed E-state index contributed by atoms with van der Waals surface area (Å²) in [4.78, 5) is 13.7. The van der Waals surface area contributed by atoms with Crippen LogP contribution in [-0.2, 0) is 15.1 Å². The molecule has 0 N–H and O–H groups in total. The molecule has 0 aliphatic carbocycles. The molecule has 1 unspecified atom stereocenters. The van der Waals surface area contributed by atoms with Gasteiger partial charge >= 0.3 is 5.97 Å². The van der Waals surface area contributed by atoms with Gasteiger partial charge in [0.15, 0.2) is 0 Å². The van der Waals surface area contributed by atoms with E-state index in [9.17, 15) is 4.79 Å². The second-order valence-electron chi connectivity index (χ2n) is 4.52. The van der Waals surface area contributed by atoms with Crippen molar-refractivity contribution in [3.63, 3.8) is 0 Å². The summed E-state index contributed by atoms with van der Waals surface area (Å²) < 4.78 is 5.04. The highest BCUT2D eigenvalue weighted by Crippen LogP contribution is 2.29. The molecule has 0 bridgehead atoms. The van der Waals surface area contributed by atoms with Gasteiger partial charge in [-0.15, -0.1) is 0 Å². The van der Waals surface area contributed by atoms with Crippen LogP contribution in [0.25, 0.3) is 0 Å². The molecule has 0 saturated heterocycles. The Labute approximate surface area is 103 Å². The van der Waals surface area contributed by atoms with E-state index in [4.69, 9.17) is 4.74 Å². The lowest BCUT2D eigenvalue weighted by molar-refractivity contribution is -0.146. The second-order valence-corrected chi connectivity index (χ2v) is 4.52. The maximum Gasteiger partial charge on any atom is 0.307 e. The standard InChI is InChI=1S/C14H21NO2/c1-5-17-13(16)11-14(2,15(3)4)12-9-7-6-8-10-12/h6-10H,5,11H2,1-4H3. The van der Waals surface area contributed by atoms with Crippen LogP contribution < -0.4 is 0 Å². The summed E-state index contributed by atoms with van der Waals surface area (Å²) >= 11 is 0. The Bertz CT molecular complexity index is 362. The van der Waals surface area contributed by atoms with Crippen LogP contribution >= 0.6 is 0 Å². The number of esters is 1. The predicted molar refractivity (Wildman–Crippen MR) is 68.7 cm³/mol. The van der Waals surface area contributed by atoms with Crippen molar-refractivity contribution in [3.05, 3.63) is 35.9 Å². The smallest absolute Gasteiger partial charge is 0.307 e. The number of hydrogen-bond donors (Lipinski definition) is 0. The molecule has 0 amide bonds. The van der Waals surface area contributed by atoms with E-state index >= 15 is 0 Å². The normalized spacial score (nSPS) is 14.4. The lowest BCUT2D eigenvalue weighted by atomic mass is 9.87. The predicted octanol–water partition coefficient (Wildman–Crippen LogP) is 2.42. The van der Waals surface area contributed by atoms with Crippen LogP contribution in [0.5, 0.6) is 0 Å². The summed E-state index contributed by atoms with van der Waals surface area (Å²) in [5.41, 5.74) is 0.797. The van der Waals surface area contributed by atoms with Crippen molar-refractivity contribution in [2.24, 2.45) is 0 Å². The zero-order valence-electron chi connectivity index (χ0n) is 11.1. The van der Waals surface area contributed by atoms with Gasteiger partial charge in [-0.3, -0.25) is 9.69 Å². The number of rotatable bonds is 5. The summed E-state index contributed by atoms with van der Waals surface area (Å²) in [5.74, 6) is -0.160. The van der Waals surface area contributed by atoms with E-state index in [1.807, 2.05) is 51.4 Å². The van der Waals surface area contributed by atoms with Gasteiger partial charge in [-0.1, -0.05) is 30.3 Å². The number of ether oxygens (including phenoxy) is 1. The molecule has 94 valence electrons. The van der Waals surface area contributed by atoms with E-state index in [0.29, 0.717) is 13.0 Å².